The van der Waals surface area contributed by atoms with E-state index in [9.17, 15) is 9.59 Å². The normalized spacial score (nSPS) is 17.5. The summed E-state index contributed by atoms with van der Waals surface area (Å²) in [6, 6.07) is 10.9. The highest BCUT2D eigenvalue weighted by molar-refractivity contribution is 6.35. The van der Waals surface area contributed by atoms with E-state index in [1.165, 1.54) is 4.90 Å². The van der Waals surface area contributed by atoms with Crippen LogP contribution < -0.4 is 4.74 Å². The van der Waals surface area contributed by atoms with Gasteiger partial charge in [0.2, 0.25) is 0 Å². The van der Waals surface area contributed by atoms with Crippen molar-refractivity contribution in [3.8, 4) is 5.75 Å². The average molecular weight is 379 g/mol. The lowest BCUT2D eigenvalue weighted by Gasteiger charge is -2.29. The zero-order valence-corrected chi connectivity index (χ0v) is 15.6. The fourth-order valence-corrected chi connectivity index (χ4v) is 3.48. The van der Waals surface area contributed by atoms with E-state index in [-0.39, 0.29) is 18.4 Å². The lowest BCUT2D eigenvalue weighted by Crippen LogP contribution is -2.40. The summed E-state index contributed by atoms with van der Waals surface area (Å²) in [5.74, 6) is 0.128. The molecule has 0 unspecified atom stereocenters. The lowest BCUT2D eigenvalue weighted by molar-refractivity contribution is -0.138. The van der Waals surface area contributed by atoms with Gasteiger partial charge in [-0.2, -0.15) is 0 Å². The van der Waals surface area contributed by atoms with Crippen molar-refractivity contribution >= 4 is 17.4 Å². The van der Waals surface area contributed by atoms with Gasteiger partial charge in [-0.3, -0.25) is 19.5 Å². The Morgan fingerprint density at radius 2 is 1.82 bits per heavy atom. The molecule has 2 amide bonds. The van der Waals surface area contributed by atoms with E-state index >= 15 is 0 Å². The fraction of sp³-hybridized carbons (Fsp3) is 0.286. The molecule has 0 spiro atoms. The van der Waals surface area contributed by atoms with Crippen molar-refractivity contribution in [2.24, 2.45) is 0 Å². The molecule has 0 aliphatic carbocycles. The smallest absolute Gasteiger partial charge is 0.278 e. The Kier molecular flexibility index (Phi) is 5.08. The zero-order valence-electron chi connectivity index (χ0n) is 15.6. The average Bonchev–Trinajstić information content (AvgIpc) is 3.00. The number of hydrogen-bond acceptors (Lipinski definition) is 6. The summed E-state index contributed by atoms with van der Waals surface area (Å²) in [5, 5.41) is 0. The highest BCUT2D eigenvalue weighted by Gasteiger charge is 2.41. The molecule has 28 heavy (non-hydrogen) atoms. The van der Waals surface area contributed by atoms with Gasteiger partial charge >= 0.3 is 0 Å². The lowest BCUT2D eigenvalue weighted by atomic mass is 10.0. The van der Waals surface area contributed by atoms with Crippen LogP contribution in [0.3, 0.4) is 0 Å². The maximum Gasteiger partial charge on any atom is 0.278 e. The Morgan fingerprint density at radius 1 is 1.07 bits per heavy atom. The summed E-state index contributed by atoms with van der Waals surface area (Å²) in [7, 11) is 1.59. The number of rotatable bonds is 5. The van der Waals surface area contributed by atoms with Crippen molar-refractivity contribution in [1.29, 1.82) is 0 Å². The number of carbonyl (C=O) groups excluding carboxylic acids is 2. The third kappa shape index (κ3) is 3.36. The van der Waals surface area contributed by atoms with Crippen LogP contribution in [0.1, 0.15) is 11.1 Å². The molecule has 0 atom stereocenters. The first kappa shape index (κ1) is 18.2. The number of methoxy groups -OCH3 is 1. The molecule has 1 aromatic heterocycles. The Labute approximate surface area is 163 Å². The number of morpholine rings is 1. The first-order chi connectivity index (χ1) is 13.7. The molecule has 7 heteroatoms. The molecule has 1 saturated heterocycles. The minimum Gasteiger partial charge on any atom is -0.497 e. The van der Waals surface area contributed by atoms with Crippen LogP contribution in [0.25, 0.3) is 5.57 Å². The van der Waals surface area contributed by atoms with E-state index in [0.29, 0.717) is 48.9 Å². The molecule has 1 aromatic carbocycles. The van der Waals surface area contributed by atoms with Crippen LogP contribution in [0.2, 0.25) is 0 Å². The van der Waals surface area contributed by atoms with E-state index < -0.39 is 0 Å². The molecule has 0 radical (unpaired) electrons. The van der Waals surface area contributed by atoms with Crippen LogP contribution >= 0.6 is 0 Å². The second-order valence-corrected chi connectivity index (χ2v) is 6.61. The van der Waals surface area contributed by atoms with E-state index in [0.717, 1.165) is 5.56 Å². The van der Waals surface area contributed by atoms with E-state index in [1.807, 2.05) is 23.1 Å². The SMILES string of the molecule is COc1ccc(C2=C(N3CCOCC3)C(=O)N(Cc3cccnc3)C2=O)cc1. The van der Waals surface area contributed by atoms with Crippen molar-refractivity contribution in [2.45, 2.75) is 6.54 Å². The van der Waals surface area contributed by atoms with Crippen molar-refractivity contribution in [2.75, 3.05) is 33.4 Å². The minimum absolute atomic E-state index is 0.193. The number of ether oxygens (including phenoxy) is 2. The predicted molar refractivity (Wildman–Crippen MR) is 102 cm³/mol. The molecule has 0 N–H and O–H groups in total. The van der Waals surface area contributed by atoms with Crippen molar-refractivity contribution < 1.29 is 19.1 Å². The van der Waals surface area contributed by atoms with E-state index in [4.69, 9.17) is 9.47 Å². The third-order valence-corrected chi connectivity index (χ3v) is 4.91. The predicted octanol–water partition coefficient (Wildman–Crippen LogP) is 1.70. The van der Waals surface area contributed by atoms with Crippen molar-refractivity contribution in [3.63, 3.8) is 0 Å². The summed E-state index contributed by atoms with van der Waals surface area (Å²) in [6.07, 6.45) is 3.33. The highest BCUT2D eigenvalue weighted by Crippen LogP contribution is 2.33. The third-order valence-electron chi connectivity index (χ3n) is 4.91. The molecule has 2 aromatic rings. The number of benzene rings is 1. The molecule has 2 aliphatic rings. The molecule has 2 aliphatic heterocycles. The van der Waals surface area contributed by atoms with Gasteiger partial charge in [-0.25, -0.2) is 0 Å². The van der Waals surface area contributed by atoms with Gasteiger partial charge in [0.1, 0.15) is 11.4 Å². The summed E-state index contributed by atoms with van der Waals surface area (Å²) in [4.78, 5) is 33.8. The second-order valence-electron chi connectivity index (χ2n) is 6.61. The highest BCUT2D eigenvalue weighted by atomic mass is 16.5. The van der Waals surface area contributed by atoms with Gasteiger partial charge in [0.05, 0.1) is 32.4 Å². The van der Waals surface area contributed by atoms with Crippen LogP contribution in [0, 0.1) is 0 Å². The first-order valence-electron chi connectivity index (χ1n) is 9.15. The zero-order chi connectivity index (χ0) is 19.5. The Balaban J connectivity index is 1.73. The van der Waals surface area contributed by atoms with Gasteiger partial charge in [0.15, 0.2) is 0 Å². The van der Waals surface area contributed by atoms with Crippen molar-refractivity contribution in [3.05, 3.63) is 65.6 Å². The number of aromatic nitrogens is 1. The Hall–Kier alpha value is -3.19. The number of hydrogen-bond donors (Lipinski definition) is 0. The molecule has 1 fully saturated rings. The van der Waals surface area contributed by atoms with Gasteiger partial charge in [-0.1, -0.05) is 18.2 Å². The van der Waals surface area contributed by atoms with Gasteiger partial charge in [0.25, 0.3) is 11.8 Å². The van der Waals surface area contributed by atoms with Gasteiger partial charge in [0, 0.05) is 25.5 Å². The summed E-state index contributed by atoms with van der Waals surface area (Å²) < 4.78 is 10.6. The number of carbonyl (C=O) groups is 2. The van der Waals surface area contributed by atoms with Crippen LogP contribution in [-0.4, -0.2) is 60.0 Å². The van der Waals surface area contributed by atoms with Gasteiger partial charge in [-0.05, 0) is 29.3 Å². The maximum absolute atomic E-state index is 13.3. The molecular formula is C21H21N3O4. The minimum atomic E-state index is -0.291. The Morgan fingerprint density at radius 3 is 2.46 bits per heavy atom. The van der Waals surface area contributed by atoms with Gasteiger partial charge in [-0.15, -0.1) is 0 Å². The second kappa shape index (κ2) is 7.82. The van der Waals surface area contributed by atoms with Crippen LogP contribution in [0.15, 0.2) is 54.5 Å². The topological polar surface area (TPSA) is 72.0 Å². The largest absolute Gasteiger partial charge is 0.497 e. The quantitative estimate of drug-likeness (QED) is 0.737. The van der Waals surface area contributed by atoms with Crippen molar-refractivity contribution in [1.82, 2.24) is 14.8 Å². The molecule has 7 nitrogen and oxygen atoms in total. The maximum atomic E-state index is 13.3. The summed E-state index contributed by atoms with van der Waals surface area (Å²) >= 11 is 0. The van der Waals surface area contributed by atoms with Crippen LogP contribution in [-0.2, 0) is 20.9 Å². The molecule has 0 saturated carbocycles. The summed E-state index contributed by atoms with van der Waals surface area (Å²) in [5.41, 5.74) is 2.39. The van der Waals surface area contributed by atoms with E-state index in [2.05, 4.69) is 4.98 Å². The molecule has 4 rings (SSSR count). The first-order valence-corrected chi connectivity index (χ1v) is 9.15. The van der Waals surface area contributed by atoms with Crippen LogP contribution in [0.5, 0.6) is 5.75 Å². The standard InChI is InChI=1S/C21H21N3O4/c1-27-17-6-4-16(5-7-17)18-19(23-9-11-28-12-10-23)21(26)24(20(18)25)14-15-3-2-8-22-13-15/h2-8,13H,9-12,14H2,1H3. The fourth-order valence-electron chi connectivity index (χ4n) is 3.48. The number of imide groups is 1. The number of nitrogens with zero attached hydrogens (tertiary/aromatic N) is 3. The van der Waals surface area contributed by atoms with Gasteiger partial charge < -0.3 is 14.4 Å². The number of pyridine rings is 1. The molecular weight excluding hydrogens is 358 g/mol. The Bertz CT molecular complexity index is 903. The van der Waals surface area contributed by atoms with E-state index in [1.54, 1.807) is 37.7 Å². The van der Waals surface area contributed by atoms with Crippen LogP contribution in [0.4, 0.5) is 0 Å². The monoisotopic (exact) mass is 379 g/mol. The molecule has 0 bridgehead atoms. The number of amides is 2. The summed E-state index contributed by atoms with van der Waals surface area (Å²) in [6.45, 7) is 2.41. The molecule has 144 valence electrons. The molecule has 3 heterocycles.